The lowest BCUT2D eigenvalue weighted by molar-refractivity contribution is 0.122. The molecule has 11 heteroatoms. The van der Waals surface area contributed by atoms with Crippen LogP contribution in [-0.2, 0) is 4.74 Å². The number of hydrogen-bond donors (Lipinski definition) is 2. The Bertz CT molecular complexity index is 1430. The predicted octanol–water partition coefficient (Wildman–Crippen LogP) is 4.13. The zero-order chi connectivity index (χ0) is 25.4. The van der Waals surface area contributed by atoms with Crippen molar-refractivity contribution in [1.82, 2.24) is 15.2 Å². The van der Waals surface area contributed by atoms with Crippen LogP contribution in [0.4, 0.5) is 20.3 Å². The summed E-state index contributed by atoms with van der Waals surface area (Å²) in [5.41, 5.74) is 7.50. The normalized spacial score (nSPS) is 14.8. The minimum Gasteiger partial charge on any atom is -0.480 e. The van der Waals surface area contributed by atoms with Crippen molar-refractivity contribution >= 4 is 34.0 Å². The number of ether oxygens (including phenoxy) is 2. The number of fused-ring (bicyclic) bond motifs is 1. The van der Waals surface area contributed by atoms with Gasteiger partial charge < -0.3 is 25.2 Å². The highest BCUT2D eigenvalue weighted by Crippen LogP contribution is 2.39. The summed E-state index contributed by atoms with van der Waals surface area (Å²) in [4.78, 5) is 6.29. The van der Waals surface area contributed by atoms with Crippen molar-refractivity contribution in [3.05, 3.63) is 70.4 Å². The lowest BCUT2D eigenvalue weighted by atomic mass is 9.95. The number of nitrogens with two attached hydrogens (primary N) is 1. The summed E-state index contributed by atoms with van der Waals surface area (Å²) < 4.78 is 41.1. The van der Waals surface area contributed by atoms with E-state index < -0.39 is 17.7 Å². The first kappa shape index (κ1) is 24.1. The fourth-order valence-corrected chi connectivity index (χ4v) is 4.52. The first-order chi connectivity index (χ1) is 17.4. The van der Waals surface area contributed by atoms with Gasteiger partial charge in [0.25, 0.3) is 0 Å². The molecule has 8 nitrogen and oxygen atoms in total. The average Bonchev–Trinajstić information content (AvgIpc) is 2.88. The van der Waals surface area contributed by atoms with E-state index in [-0.39, 0.29) is 50.0 Å². The van der Waals surface area contributed by atoms with Crippen molar-refractivity contribution in [3.8, 4) is 17.0 Å². The van der Waals surface area contributed by atoms with Crippen LogP contribution in [0.1, 0.15) is 17.4 Å². The number of nitrogen functional groups attached to an aromatic ring is 1. The summed E-state index contributed by atoms with van der Waals surface area (Å²) >= 11 is 6.28. The van der Waals surface area contributed by atoms with Gasteiger partial charge >= 0.3 is 0 Å². The number of rotatable bonds is 5. The third-order valence-electron chi connectivity index (χ3n) is 6.06. The molecule has 2 aromatic carbocycles. The Morgan fingerprint density at radius 3 is 2.53 bits per heavy atom. The van der Waals surface area contributed by atoms with Crippen LogP contribution < -0.4 is 15.4 Å². The summed E-state index contributed by atoms with van der Waals surface area (Å²) in [5, 5.41) is 18.8. The molecule has 0 unspecified atom stereocenters. The summed E-state index contributed by atoms with van der Waals surface area (Å²) in [7, 11) is 1.44. The number of anilines is 2. The molecule has 1 atom stereocenters. The van der Waals surface area contributed by atoms with Crippen molar-refractivity contribution in [2.75, 3.05) is 44.0 Å². The highest BCUT2D eigenvalue weighted by atomic mass is 35.5. The van der Waals surface area contributed by atoms with Gasteiger partial charge in [0.1, 0.15) is 23.6 Å². The van der Waals surface area contributed by atoms with Gasteiger partial charge in [-0.15, -0.1) is 10.2 Å². The third kappa shape index (κ3) is 4.50. The molecule has 3 heterocycles. The highest BCUT2D eigenvalue weighted by Gasteiger charge is 2.23. The maximum atomic E-state index is 15.5. The molecule has 1 saturated heterocycles. The van der Waals surface area contributed by atoms with Crippen molar-refractivity contribution in [1.29, 1.82) is 0 Å². The van der Waals surface area contributed by atoms with Crippen LogP contribution in [0.2, 0.25) is 5.02 Å². The van der Waals surface area contributed by atoms with E-state index in [2.05, 4.69) is 15.2 Å². The fraction of sp³-hybridized carbons (Fsp3) is 0.240. The minimum absolute atomic E-state index is 0.00652. The minimum atomic E-state index is -1.32. The average molecular weight is 514 g/mol. The summed E-state index contributed by atoms with van der Waals surface area (Å²) in [5.74, 6) is -0.926. The lowest BCUT2D eigenvalue weighted by Crippen LogP contribution is -2.36. The number of benzene rings is 2. The Balaban J connectivity index is 1.63. The van der Waals surface area contributed by atoms with E-state index in [1.807, 2.05) is 4.90 Å². The Morgan fingerprint density at radius 1 is 1.06 bits per heavy atom. The number of aliphatic hydroxyl groups excluding tert-OH is 1. The molecule has 0 radical (unpaired) electrons. The predicted molar refractivity (Wildman–Crippen MR) is 132 cm³/mol. The summed E-state index contributed by atoms with van der Waals surface area (Å²) in [6.45, 7) is 2.30. The Morgan fingerprint density at radius 2 is 1.83 bits per heavy atom. The molecule has 36 heavy (non-hydrogen) atoms. The number of hydrogen-bond acceptors (Lipinski definition) is 8. The van der Waals surface area contributed by atoms with Crippen LogP contribution in [-0.4, -0.2) is 53.7 Å². The molecule has 1 aliphatic rings. The van der Waals surface area contributed by atoms with Gasteiger partial charge in [-0.05, 0) is 36.4 Å². The first-order valence-electron chi connectivity index (χ1n) is 11.1. The Hall–Kier alpha value is -3.60. The van der Waals surface area contributed by atoms with Crippen molar-refractivity contribution in [3.63, 3.8) is 0 Å². The number of nitrogens with zero attached hydrogens (tertiary/aromatic N) is 4. The van der Waals surface area contributed by atoms with Crippen LogP contribution in [0.5, 0.6) is 5.88 Å². The number of methoxy groups -OCH3 is 1. The van der Waals surface area contributed by atoms with Gasteiger partial charge in [0, 0.05) is 51.9 Å². The van der Waals surface area contributed by atoms with E-state index in [4.69, 9.17) is 26.8 Å². The molecule has 5 rings (SSSR count). The standard InChI is InChI=1S/C25H22ClF2N5O3/c1-35-23-3-2-20(31-32-23)25(34)16-10-14(18(27)12-17(16)26)15-11-22(29)30-21-9-13(8-19(28)24(15)21)33-4-6-36-7-5-33/h2-3,8-12,25,34H,4-7H2,1H3,(H2,29,30)/t25-/m1/s1. The SMILES string of the molecule is COc1ccc([C@H](O)c2cc(-c3cc(N)nc4cc(N5CCOCC5)cc(F)c34)c(F)cc2Cl)nn1. The van der Waals surface area contributed by atoms with Crippen molar-refractivity contribution in [2.24, 2.45) is 0 Å². The monoisotopic (exact) mass is 513 g/mol. The molecule has 0 amide bonds. The van der Waals surface area contributed by atoms with Crippen LogP contribution in [0.25, 0.3) is 22.0 Å². The van der Waals surface area contributed by atoms with Crippen molar-refractivity contribution in [2.45, 2.75) is 6.10 Å². The van der Waals surface area contributed by atoms with Gasteiger partial charge in [0.2, 0.25) is 5.88 Å². The Kier molecular flexibility index (Phi) is 6.57. The van der Waals surface area contributed by atoms with Gasteiger partial charge in [-0.25, -0.2) is 13.8 Å². The zero-order valence-corrected chi connectivity index (χ0v) is 20.0. The van der Waals surface area contributed by atoms with E-state index in [0.29, 0.717) is 32.0 Å². The number of morpholine rings is 1. The largest absolute Gasteiger partial charge is 0.480 e. The fourth-order valence-electron chi connectivity index (χ4n) is 4.27. The van der Waals surface area contributed by atoms with Gasteiger partial charge in [-0.2, -0.15) is 0 Å². The molecule has 0 spiro atoms. The third-order valence-corrected chi connectivity index (χ3v) is 6.39. The Labute approximate surface area is 210 Å². The van der Waals surface area contributed by atoms with Crippen LogP contribution in [0.3, 0.4) is 0 Å². The van der Waals surface area contributed by atoms with Crippen LogP contribution in [0.15, 0.2) is 42.5 Å². The second-order valence-electron chi connectivity index (χ2n) is 8.27. The summed E-state index contributed by atoms with van der Waals surface area (Å²) in [6, 6.07) is 9.98. The number of pyridine rings is 1. The molecule has 3 N–H and O–H groups in total. The number of halogens is 3. The highest BCUT2D eigenvalue weighted by molar-refractivity contribution is 6.31. The van der Waals surface area contributed by atoms with Gasteiger partial charge in [-0.3, -0.25) is 0 Å². The van der Waals surface area contributed by atoms with Crippen molar-refractivity contribution < 1.29 is 23.4 Å². The topological polar surface area (TPSA) is 107 Å². The maximum Gasteiger partial charge on any atom is 0.233 e. The van der Waals surface area contributed by atoms with Crippen LogP contribution >= 0.6 is 11.6 Å². The van der Waals surface area contributed by atoms with E-state index >= 15 is 8.78 Å². The molecule has 0 bridgehead atoms. The molecule has 4 aromatic rings. The molecule has 2 aromatic heterocycles. The molecule has 0 aliphatic carbocycles. The number of aliphatic hydroxyl groups is 1. The van der Waals surface area contributed by atoms with E-state index in [9.17, 15) is 5.11 Å². The van der Waals surface area contributed by atoms with E-state index in [1.54, 1.807) is 6.07 Å². The molecule has 1 fully saturated rings. The first-order valence-corrected chi connectivity index (χ1v) is 11.5. The number of aromatic nitrogens is 3. The van der Waals surface area contributed by atoms with Crippen LogP contribution in [0, 0.1) is 11.6 Å². The molecular weight excluding hydrogens is 492 g/mol. The zero-order valence-electron chi connectivity index (χ0n) is 19.2. The second-order valence-corrected chi connectivity index (χ2v) is 8.68. The molecule has 0 saturated carbocycles. The smallest absolute Gasteiger partial charge is 0.233 e. The second kappa shape index (κ2) is 9.81. The van der Waals surface area contributed by atoms with E-state index in [1.165, 1.54) is 37.4 Å². The maximum absolute atomic E-state index is 15.5. The van der Waals surface area contributed by atoms with Gasteiger partial charge in [-0.1, -0.05) is 11.6 Å². The summed E-state index contributed by atoms with van der Waals surface area (Å²) in [6.07, 6.45) is -1.32. The quantitative estimate of drug-likeness (QED) is 0.410. The van der Waals surface area contributed by atoms with Gasteiger partial charge in [0.05, 0.1) is 31.5 Å². The van der Waals surface area contributed by atoms with E-state index in [0.717, 1.165) is 6.07 Å². The van der Waals surface area contributed by atoms with Gasteiger partial charge in [0.15, 0.2) is 0 Å². The molecule has 1 aliphatic heterocycles. The lowest BCUT2D eigenvalue weighted by Gasteiger charge is -2.29. The molecule has 186 valence electrons. The molecular formula is C25H22ClF2N5O3.